The quantitative estimate of drug-likeness (QED) is 0.815. The van der Waals surface area contributed by atoms with Crippen LogP contribution in [-0.4, -0.2) is 50.3 Å². The smallest absolute Gasteiger partial charge is 0.243 e. The van der Waals surface area contributed by atoms with Gasteiger partial charge in [0.25, 0.3) is 0 Å². The molecule has 0 unspecified atom stereocenters. The number of amides is 1. The number of benzene rings is 1. The second-order valence-corrected chi connectivity index (χ2v) is 9.80. The Hall–Kier alpha value is -1.05. The van der Waals surface area contributed by atoms with Crippen LogP contribution in [0.15, 0.2) is 17.0 Å². The van der Waals surface area contributed by atoms with Crippen molar-refractivity contribution in [2.24, 2.45) is 0 Å². The van der Waals surface area contributed by atoms with Crippen LogP contribution in [0.1, 0.15) is 25.0 Å². The van der Waals surface area contributed by atoms with Crippen molar-refractivity contribution in [1.82, 2.24) is 4.31 Å². The zero-order valence-corrected chi connectivity index (χ0v) is 15.6. The number of sulfonamides is 1. The molecule has 2 aliphatic rings. The first-order valence-corrected chi connectivity index (χ1v) is 10.3. The first kappa shape index (κ1) is 16.8. The van der Waals surface area contributed by atoms with Gasteiger partial charge in [0.05, 0.1) is 16.0 Å². The Balaban J connectivity index is 2.12. The monoisotopic (exact) mass is 354 g/mol. The summed E-state index contributed by atoms with van der Waals surface area (Å²) >= 11 is 1.78. The predicted molar refractivity (Wildman–Crippen MR) is 93.7 cm³/mol. The van der Waals surface area contributed by atoms with E-state index in [-0.39, 0.29) is 5.91 Å². The first-order chi connectivity index (χ1) is 10.7. The number of carbonyl (C=O) groups is 1. The lowest BCUT2D eigenvalue weighted by Gasteiger charge is -2.26. The van der Waals surface area contributed by atoms with E-state index in [1.54, 1.807) is 40.1 Å². The third-order valence-electron chi connectivity index (χ3n) is 4.73. The number of hydrogen-bond donors (Lipinski definition) is 0. The molecule has 0 aliphatic carbocycles. The molecule has 0 aromatic heterocycles. The normalized spacial score (nSPS) is 21.6. The highest BCUT2D eigenvalue weighted by Gasteiger charge is 2.44. The van der Waals surface area contributed by atoms with Gasteiger partial charge < -0.3 is 4.90 Å². The van der Waals surface area contributed by atoms with Gasteiger partial charge in [-0.2, -0.15) is 16.1 Å². The van der Waals surface area contributed by atoms with E-state index in [0.29, 0.717) is 18.0 Å². The van der Waals surface area contributed by atoms with Crippen LogP contribution in [0.4, 0.5) is 5.69 Å². The van der Waals surface area contributed by atoms with E-state index in [2.05, 4.69) is 0 Å². The molecule has 1 amide bonds. The molecular formula is C16H22N2O3S2. The van der Waals surface area contributed by atoms with E-state index < -0.39 is 15.4 Å². The SMILES string of the molecule is Cc1cc(S(=O)(=O)N2CCSCC2)cc2c1N(C)C(=O)C2(C)C. The third-order valence-corrected chi connectivity index (χ3v) is 7.55. The predicted octanol–water partition coefficient (Wildman–Crippen LogP) is 1.99. The highest BCUT2D eigenvalue weighted by atomic mass is 32.2. The molecule has 2 heterocycles. The number of fused-ring (bicyclic) bond motifs is 1. The van der Waals surface area contributed by atoms with Crippen molar-refractivity contribution < 1.29 is 13.2 Å². The zero-order chi connectivity index (χ0) is 17.0. The van der Waals surface area contributed by atoms with Gasteiger partial charge in [0.2, 0.25) is 15.9 Å². The summed E-state index contributed by atoms with van der Waals surface area (Å²) in [4.78, 5) is 14.4. The van der Waals surface area contributed by atoms with Gasteiger partial charge in [0.1, 0.15) is 0 Å². The standard InChI is InChI=1S/C16H22N2O3S2/c1-11-9-12(23(20,21)18-5-7-22-8-6-18)10-13-14(11)17(4)15(19)16(13,2)3/h9-10H,5-8H2,1-4H3. The minimum Gasteiger partial charge on any atom is -0.314 e. The molecule has 0 radical (unpaired) electrons. The van der Waals surface area contributed by atoms with Crippen LogP contribution in [-0.2, 0) is 20.2 Å². The molecule has 5 nitrogen and oxygen atoms in total. The van der Waals surface area contributed by atoms with Crippen molar-refractivity contribution >= 4 is 33.4 Å². The number of rotatable bonds is 2. The molecule has 0 N–H and O–H groups in total. The molecule has 1 saturated heterocycles. The summed E-state index contributed by atoms with van der Waals surface area (Å²) < 4.78 is 27.4. The highest BCUT2D eigenvalue weighted by molar-refractivity contribution is 7.99. The van der Waals surface area contributed by atoms with Gasteiger partial charge in [-0.05, 0) is 44.0 Å². The molecule has 3 rings (SSSR count). The van der Waals surface area contributed by atoms with Crippen LogP contribution in [0, 0.1) is 6.92 Å². The maximum atomic E-state index is 12.9. The average molecular weight is 354 g/mol. The second-order valence-electron chi connectivity index (χ2n) is 6.64. The van der Waals surface area contributed by atoms with Crippen molar-refractivity contribution in [1.29, 1.82) is 0 Å². The van der Waals surface area contributed by atoms with Gasteiger partial charge in [-0.15, -0.1) is 0 Å². The zero-order valence-electron chi connectivity index (χ0n) is 13.9. The van der Waals surface area contributed by atoms with Gasteiger partial charge >= 0.3 is 0 Å². The molecule has 0 bridgehead atoms. The van der Waals surface area contributed by atoms with Crippen LogP contribution in [0.2, 0.25) is 0 Å². The van der Waals surface area contributed by atoms with E-state index in [1.165, 1.54) is 0 Å². The number of hydrogen-bond acceptors (Lipinski definition) is 4. The van der Waals surface area contributed by atoms with Gasteiger partial charge in [0, 0.05) is 31.6 Å². The maximum Gasteiger partial charge on any atom is 0.243 e. The number of nitrogens with zero attached hydrogens (tertiary/aromatic N) is 2. The number of carbonyl (C=O) groups excluding carboxylic acids is 1. The molecular weight excluding hydrogens is 332 g/mol. The molecule has 1 aromatic carbocycles. The Kier molecular flexibility index (Phi) is 4.01. The summed E-state index contributed by atoms with van der Waals surface area (Å²) in [5.41, 5.74) is 1.77. The minimum absolute atomic E-state index is 0.000444. The van der Waals surface area contributed by atoms with Crippen LogP contribution >= 0.6 is 11.8 Å². The van der Waals surface area contributed by atoms with Gasteiger partial charge in [-0.1, -0.05) is 0 Å². The Morgan fingerprint density at radius 3 is 2.39 bits per heavy atom. The summed E-state index contributed by atoms with van der Waals surface area (Å²) in [6.07, 6.45) is 0. The number of aryl methyl sites for hydroxylation is 1. The van der Waals surface area contributed by atoms with Crippen molar-refractivity contribution in [3.05, 3.63) is 23.3 Å². The Morgan fingerprint density at radius 2 is 1.78 bits per heavy atom. The number of thioether (sulfide) groups is 1. The average Bonchev–Trinajstić information content (AvgIpc) is 2.69. The second kappa shape index (κ2) is 5.50. The first-order valence-electron chi connectivity index (χ1n) is 7.68. The van der Waals surface area contributed by atoms with Crippen LogP contribution < -0.4 is 4.90 Å². The molecule has 2 aliphatic heterocycles. The molecule has 23 heavy (non-hydrogen) atoms. The number of anilines is 1. The largest absolute Gasteiger partial charge is 0.314 e. The Morgan fingerprint density at radius 1 is 1.17 bits per heavy atom. The molecule has 1 fully saturated rings. The van der Waals surface area contributed by atoms with Crippen molar-refractivity contribution in [3.8, 4) is 0 Å². The summed E-state index contributed by atoms with van der Waals surface area (Å²) in [6, 6.07) is 3.39. The minimum atomic E-state index is -3.50. The lowest BCUT2D eigenvalue weighted by atomic mass is 9.85. The van der Waals surface area contributed by atoms with Crippen LogP contribution in [0.3, 0.4) is 0 Å². The van der Waals surface area contributed by atoms with Crippen LogP contribution in [0.5, 0.6) is 0 Å². The van der Waals surface area contributed by atoms with Crippen molar-refractivity contribution in [2.75, 3.05) is 36.5 Å². The summed E-state index contributed by atoms with van der Waals surface area (Å²) in [6.45, 7) is 6.67. The molecule has 0 atom stereocenters. The molecule has 1 aromatic rings. The molecule has 0 spiro atoms. The van der Waals surface area contributed by atoms with Gasteiger partial charge in [-0.25, -0.2) is 8.42 Å². The van der Waals surface area contributed by atoms with E-state index in [1.807, 2.05) is 20.8 Å². The van der Waals surface area contributed by atoms with Gasteiger partial charge in [0.15, 0.2) is 0 Å². The van der Waals surface area contributed by atoms with Crippen LogP contribution in [0.25, 0.3) is 0 Å². The third kappa shape index (κ3) is 2.49. The lowest BCUT2D eigenvalue weighted by molar-refractivity contribution is -0.121. The van der Waals surface area contributed by atoms with E-state index in [0.717, 1.165) is 28.3 Å². The molecule has 0 saturated carbocycles. The molecule has 126 valence electrons. The van der Waals surface area contributed by atoms with E-state index in [4.69, 9.17) is 0 Å². The maximum absolute atomic E-state index is 12.9. The summed E-state index contributed by atoms with van der Waals surface area (Å²) in [5, 5.41) is 0. The highest BCUT2D eigenvalue weighted by Crippen LogP contribution is 2.44. The van der Waals surface area contributed by atoms with Crippen molar-refractivity contribution in [2.45, 2.75) is 31.1 Å². The topological polar surface area (TPSA) is 57.7 Å². The van der Waals surface area contributed by atoms with Gasteiger partial charge in [-0.3, -0.25) is 4.79 Å². The summed E-state index contributed by atoms with van der Waals surface area (Å²) in [5.74, 6) is 1.66. The van der Waals surface area contributed by atoms with E-state index in [9.17, 15) is 13.2 Å². The number of likely N-dealkylation sites (N-methyl/N-ethyl adjacent to an activating group) is 1. The Labute approximate surface area is 142 Å². The fourth-order valence-corrected chi connectivity index (χ4v) is 6.08. The Bertz CT molecular complexity index is 766. The summed E-state index contributed by atoms with van der Waals surface area (Å²) in [7, 11) is -1.75. The van der Waals surface area contributed by atoms with E-state index >= 15 is 0 Å². The fraction of sp³-hybridized carbons (Fsp3) is 0.562. The molecule has 7 heteroatoms. The van der Waals surface area contributed by atoms with Crippen molar-refractivity contribution in [3.63, 3.8) is 0 Å². The fourth-order valence-electron chi connectivity index (χ4n) is 3.39. The lowest BCUT2D eigenvalue weighted by Crippen LogP contribution is -2.38.